The minimum atomic E-state index is -0.792. The maximum absolute atomic E-state index is 12.7. The molecule has 1 amide bonds. The molecule has 20 heavy (non-hydrogen) atoms. The van der Waals surface area contributed by atoms with Crippen LogP contribution >= 0.6 is 0 Å². The summed E-state index contributed by atoms with van der Waals surface area (Å²) in [7, 11) is 0. The van der Waals surface area contributed by atoms with E-state index in [9.17, 15) is 9.90 Å². The van der Waals surface area contributed by atoms with Gasteiger partial charge in [0.1, 0.15) is 0 Å². The van der Waals surface area contributed by atoms with Crippen molar-refractivity contribution >= 4 is 5.91 Å². The monoisotopic (exact) mass is 269 g/mol. The standard InChI is InChI=1S/C17H19NO2/c1-12-5-4-8-15(12)18-16(20)17(11-19)10-9-13-6-2-3-7-14(13)17/h2-8,12,19H,9-11H2,1H3,(H,18,20)/t12-,17?/m0/s1. The Bertz CT molecular complexity index is 603. The Labute approximate surface area is 119 Å². The van der Waals surface area contributed by atoms with Gasteiger partial charge in [0.15, 0.2) is 0 Å². The van der Waals surface area contributed by atoms with Crippen molar-refractivity contribution in [2.24, 2.45) is 5.92 Å². The number of hydrogen-bond donors (Lipinski definition) is 2. The SMILES string of the molecule is C[C@H]1C=CC=C1NC(=O)C1(CO)CCc2ccccc21. The predicted molar refractivity (Wildman–Crippen MR) is 78.1 cm³/mol. The van der Waals surface area contributed by atoms with Crippen molar-refractivity contribution in [1.29, 1.82) is 0 Å². The summed E-state index contributed by atoms with van der Waals surface area (Å²) in [5, 5.41) is 12.9. The smallest absolute Gasteiger partial charge is 0.237 e. The number of carbonyl (C=O) groups excluding carboxylic acids is 1. The van der Waals surface area contributed by atoms with Crippen LogP contribution in [0.15, 0.2) is 48.2 Å². The van der Waals surface area contributed by atoms with Crippen LogP contribution in [0.4, 0.5) is 0 Å². The Kier molecular flexibility index (Phi) is 3.22. The molecule has 0 fully saturated rings. The summed E-state index contributed by atoms with van der Waals surface area (Å²) < 4.78 is 0. The largest absolute Gasteiger partial charge is 0.395 e. The van der Waals surface area contributed by atoms with Gasteiger partial charge in [-0.25, -0.2) is 0 Å². The van der Waals surface area contributed by atoms with Crippen LogP contribution in [0.25, 0.3) is 0 Å². The number of aliphatic hydroxyl groups is 1. The molecule has 3 rings (SSSR count). The molecule has 3 nitrogen and oxygen atoms in total. The van der Waals surface area contributed by atoms with Gasteiger partial charge in [-0.15, -0.1) is 0 Å². The summed E-state index contributed by atoms with van der Waals surface area (Å²) in [5.74, 6) is 0.137. The number of benzene rings is 1. The van der Waals surface area contributed by atoms with Crippen LogP contribution in [0.2, 0.25) is 0 Å². The molecule has 0 spiro atoms. The third kappa shape index (κ3) is 1.90. The summed E-state index contributed by atoms with van der Waals surface area (Å²) in [6.07, 6.45) is 7.44. The molecule has 0 bridgehead atoms. The number of amides is 1. The Balaban J connectivity index is 1.89. The number of fused-ring (bicyclic) bond motifs is 1. The molecular formula is C17H19NO2. The third-order valence-corrected chi connectivity index (χ3v) is 4.48. The van der Waals surface area contributed by atoms with Crippen LogP contribution in [-0.4, -0.2) is 17.6 Å². The van der Waals surface area contributed by atoms with E-state index in [1.807, 2.05) is 49.4 Å². The van der Waals surface area contributed by atoms with E-state index in [0.717, 1.165) is 17.7 Å². The van der Waals surface area contributed by atoms with Crippen molar-refractivity contribution in [3.63, 3.8) is 0 Å². The van der Waals surface area contributed by atoms with E-state index in [-0.39, 0.29) is 18.4 Å². The fourth-order valence-electron chi connectivity index (χ4n) is 3.15. The number of aliphatic hydroxyl groups excluding tert-OH is 1. The van der Waals surface area contributed by atoms with Crippen LogP contribution in [0.3, 0.4) is 0 Å². The molecule has 2 atom stereocenters. The van der Waals surface area contributed by atoms with Crippen LogP contribution in [0, 0.1) is 5.92 Å². The molecular weight excluding hydrogens is 250 g/mol. The first-order chi connectivity index (χ1) is 9.67. The van der Waals surface area contributed by atoms with Gasteiger partial charge < -0.3 is 10.4 Å². The summed E-state index contributed by atoms with van der Waals surface area (Å²) in [5.41, 5.74) is 2.26. The van der Waals surface area contributed by atoms with Crippen LogP contribution in [-0.2, 0) is 16.6 Å². The third-order valence-electron chi connectivity index (χ3n) is 4.48. The Morgan fingerprint density at radius 3 is 2.95 bits per heavy atom. The molecule has 0 heterocycles. The summed E-state index contributed by atoms with van der Waals surface area (Å²) in [4.78, 5) is 12.7. The van der Waals surface area contributed by atoms with E-state index in [0.29, 0.717) is 6.42 Å². The number of nitrogens with one attached hydrogen (secondary N) is 1. The van der Waals surface area contributed by atoms with E-state index < -0.39 is 5.41 Å². The van der Waals surface area contributed by atoms with Gasteiger partial charge in [0.2, 0.25) is 5.91 Å². The lowest BCUT2D eigenvalue weighted by molar-refractivity contribution is -0.127. The zero-order valence-corrected chi connectivity index (χ0v) is 11.6. The predicted octanol–water partition coefficient (Wildman–Crippen LogP) is 2.07. The molecule has 1 aromatic rings. The van der Waals surface area contributed by atoms with E-state index >= 15 is 0 Å². The summed E-state index contributed by atoms with van der Waals surface area (Å²) >= 11 is 0. The fraction of sp³-hybridized carbons (Fsp3) is 0.353. The second-order valence-electron chi connectivity index (χ2n) is 5.65. The molecule has 1 unspecified atom stereocenters. The number of carbonyl (C=O) groups is 1. The average molecular weight is 269 g/mol. The first-order valence-corrected chi connectivity index (χ1v) is 7.06. The zero-order valence-electron chi connectivity index (χ0n) is 11.6. The number of allylic oxidation sites excluding steroid dienone is 3. The molecule has 2 aliphatic rings. The normalized spacial score (nSPS) is 27.3. The minimum Gasteiger partial charge on any atom is -0.395 e. The van der Waals surface area contributed by atoms with Crippen LogP contribution in [0.1, 0.15) is 24.5 Å². The van der Waals surface area contributed by atoms with Crippen molar-refractivity contribution in [3.05, 3.63) is 59.3 Å². The molecule has 2 N–H and O–H groups in total. The molecule has 0 radical (unpaired) electrons. The molecule has 3 heteroatoms. The lowest BCUT2D eigenvalue weighted by Gasteiger charge is -2.28. The molecule has 0 aliphatic heterocycles. The highest BCUT2D eigenvalue weighted by molar-refractivity contribution is 5.91. The van der Waals surface area contributed by atoms with Gasteiger partial charge in [-0.3, -0.25) is 4.79 Å². The highest BCUT2D eigenvalue weighted by Crippen LogP contribution is 2.39. The van der Waals surface area contributed by atoms with Gasteiger partial charge >= 0.3 is 0 Å². The quantitative estimate of drug-likeness (QED) is 0.882. The molecule has 2 aliphatic carbocycles. The number of aryl methyl sites for hydroxylation is 1. The molecule has 0 saturated heterocycles. The lowest BCUT2D eigenvalue weighted by atomic mass is 9.81. The lowest BCUT2D eigenvalue weighted by Crippen LogP contribution is -2.45. The topological polar surface area (TPSA) is 49.3 Å². The van der Waals surface area contributed by atoms with Crippen molar-refractivity contribution in [2.45, 2.75) is 25.2 Å². The number of hydrogen-bond acceptors (Lipinski definition) is 2. The second-order valence-corrected chi connectivity index (χ2v) is 5.65. The Morgan fingerprint density at radius 2 is 2.25 bits per heavy atom. The van der Waals surface area contributed by atoms with Crippen LogP contribution < -0.4 is 5.32 Å². The first-order valence-electron chi connectivity index (χ1n) is 7.06. The van der Waals surface area contributed by atoms with Gasteiger partial charge in [0.25, 0.3) is 0 Å². The zero-order chi connectivity index (χ0) is 14.2. The summed E-state index contributed by atoms with van der Waals surface area (Å²) in [6, 6.07) is 7.92. The summed E-state index contributed by atoms with van der Waals surface area (Å²) in [6.45, 7) is 1.90. The first kappa shape index (κ1) is 13.1. The molecule has 0 saturated carbocycles. The van der Waals surface area contributed by atoms with Gasteiger partial charge in [0, 0.05) is 11.6 Å². The maximum Gasteiger partial charge on any atom is 0.237 e. The molecule has 1 aromatic carbocycles. The van der Waals surface area contributed by atoms with Gasteiger partial charge in [-0.05, 0) is 30.0 Å². The highest BCUT2D eigenvalue weighted by Gasteiger charge is 2.45. The minimum absolute atomic E-state index is 0.0910. The fourth-order valence-corrected chi connectivity index (χ4v) is 3.15. The Morgan fingerprint density at radius 1 is 1.45 bits per heavy atom. The van der Waals surface area contributed by atoms with E-state index in [1.54, 1.807) is 0 Å². The second kappa shape index (κ2) is 4.91. The molecule has 104 valence electrons. The van der Waals surface area contributed by atoms with Crippen molar-refractivity contribution < 1.29 is 9.90 Å². The molecule has 0 aromatic heterocycles. The van der Waals surface area contributed by atoms with Gasteiger partial charge in [-0.1, -0.05) is 43.3 Å². The Hall–Kier alpha value is -1.87. The van der Waals surface area contributed by atoms with E-state index in [4.69, 9.17) is 0 Å². The van der Waals surface area contributed by atoms with E-state index in [2.05, 4.69) is 5.32 Å². The van der Waals surface area contributed by atoms with E-state index in [1.165, 1.54) is 5.56 Å². The van der Waals surface area contributed by atoms with Gasteiger partial charge in [0.05, 0.1) is 12.0 Å². The van der Waals surface area contributed by atoms with Crippen molar-refractivity contribution in [1.82, 2.24) is 5.32 Å². The van der Waals surface area contributed by atoms with Crippen molar-refractivity contribution in [3.8, 4) is 0 Å². The van der Waals surface area contributed by atoms with Crippen molar-refractivity contribution in [2.75, 3.05) is 6.61 Å². The maximum atomic E-state index is 12.7. The van der Waals surface area contributed by atoms with Crippen LogP contribution in [0.5, 0.6) is 0 Å². The van der Waals surface area contributed by atoms with Gasteiger partial charge in [-0.2, -0.15) is 0 Å². The average Bonchev–Trinajstić information content (AvgIpc) is 3.04. The number of rotatable bonds is 3. The highest BCUT2D eigenvalue weighted by atomic mass is 16.3.